The molecule has 69 heavy (non-hydrogen) atoms. The van der Waals surface area contributed by atoms with E-state index in [0.717, 1.165) is 109 Å². The Morgan fingerprint density at radius 1 is 0.304 bits per heavy atom. The van der Waals surface area contributed by atoms with Gasteiger partial charge in [-0.05, 0) is 116 Å². The fourth-order valence-corrected chi connectivity index (χ4v) is 7.99. The zero-order valence-electron chi connectivity index (χ0n) is 45.3. The largest absolute Gasteiger partial charge is 0.462 e. The number of hydrogen-bond acceptors (Lipinski definition) is 6. The predicted molar refractivity (Wildman–Crippen MR) is 297 cm³/mol. The van der Waals surface area contributed by atoms with Crippen molar-refractivity contribution in [1.29, 1.82) is 0 Å². The van der Waals surface area contributed by atoms with E-state index in [9.17, 15) is 14.4 Å². The van der Waals surface area contributed by atoms with Crippen molar-refractivity contribution in [1.82, 2.24) is 0 Å². The number of ether oxygens (including phenoxy) is 3. The minimum atomic E-state index is -0.788. The summed E-state index contributed by atoms with van der Waals surface area (Å²) in [4.78, 5) is 38.2. The summed E-state index contributed by atoms with van der Waals surface area (Å²) in [5.41, 5.74) is 0. The number of rotatable bonds is 52. The van der Waals surface area contributed by atoms with Gasteiger partial charge in [0, 0.05) is 19.3 Å². The van der Waals surface area contributed by atoms with Crippen molar-refractivity contribution >= 4 is 17.9 Å². The van der Waals surface area contributed by atoms with E-state index in [-0.39, 0.29) is 31.1 Å². The minimum Gasteiger partial charge on any atom is -0.462 e. The number of esters is 3. The Bertz CT molecular complexity index is 1330. The van der Waals surface area contributed by atoms with Gasteiger partial charge in [-0.1, -0.05) is 228 Å². The topological polar surface area (TPSA) is 78.9 Å². The second-order valence-corrected chi connectivity index (χ2v) is 19.2. The fourth-order valence-electron chi connectivity index (χ4n) is 7.99. The van der Waals surface area contributed by atoms with Crippen LogP contribution in [-0.2, 0) is 28.6 Å². The molecule has 0 aromatic rings. The van der Waals surface area contributed by atoms with Crippen LogP contribution < -0.4 is 0 Å². The van der Waals surface area contributed by atoms with Crippen LogP contribution in [0.5, 0.6) is 0 Å². The van der Waals surface area contributed by atoms with E-state index in [0.29, 0.717) is 19.3 Å². The first-order chi connectivity index (χ1) is 34.0. The first kappa shape index (κ1) is 65.6. The van der Waals surface area contributed by atoms with Crippen molar-refractivity contribution in [3.8, 4) is 0 Å². The minimum absolute atomic E-state index is 0.0864. The van der Waals surface area contributed by atoms with Gasteiger partial charge in [-0.3, -0.25) is 14.4 Å². The molecule has 396 valence electrons. The average molecular weight is 962 g/mol. The molecule has 1 atom stereocenters. The molecule has 0 amide bonds. The normalized spacial score (nSPS) is 12.7. The standard InChI is InChI=1S/C63H108O6/c1-4-7-10-13-16-19-22-25-27-29-31-32-33-35-36-38-41-44-47-50-53-56-62(65)68-59-60(58-67-61(64)55-52-49-46-43-40-24-21-18-15-12-9-6-3)69-63(66)57-54-51-48-45-42-39-37-34-30-28-26-23-20-17-14-11-8-5-2/h7,10,16,18-21,23,25,27-28,30-32,60H,4-6,8-9,11-15,17,22,24,26,29,33-59H2,1-3H3/b10-7-,19-16-,21-18-,23-20-,27-25-,30-28-,32-31-. The molecule has 0 rings (SSSR count). The van der Waals surface area contributed by atoms with Crippen LogP contribution in [0.25, 0.3) is 0 Å². The highest BCUT2D eigenvalue weighted by Crippen LogP contribution is 2.15. The van der Waals surface area contributed by atoms with Crippen LogP contribution in [0.4, 0.5) is 0 Å². The van der Waals surface area contributed by atoms with Gasteiger partial charge < -0.3 is 14.2 Å². The molecule has 0 aliphatic heterocycles. The molecular formula is C63H108O6. The highest BCUT2D eigenvalue weighted by atomic mass is 16.6. The van der Waals surface area contributed by atoms with Gasteiger partial charge in [-0.2, -0.15) is 0 Å². The Hall–Kier alpha value is -3.41. The van der Waals surface area contributed by atoms with E-state index < -0.39 is 6.10 Å². The summed E-state index contributed by atoms with van der Waals surface area (Å²) in [7, 11) is 0. The Kier molecular flexibility index (Phi) is 54.3. The summed E-state index contributed by atoms with van der Waals surface area (Å²) in [5, 5.41) is 0. The number of hydrogen-bond donors (Lipinski definition) is 0. The summed E-state index contributed by atoms with van der Waals surface area (Å²) >= 11 is 0. The molecule has 0 spiro atoms. The molecule has 0 aliphatic carbocycles. The fraction of sp³-hybridized carbons (Fsp3) is 0.730. The van der Waals surface area contributed by atoms with E-state index >= 15 is 0 Å². The van der Waals surface area contributed by atoms with Crippen LogP contribution in [0.1, 0.15) is 278 Å². The highest BCUT2D eigenvalue weighted by Gasteiger charge is 2.19. The van der Waals surface area contributed by atoms with Gasteiger partial charge in [-0.15, -0.1) is 0 Å². The van der Waals surface area contributed by atoms with Crippen LogP contribution in [0, 0.1) is 0 Å². The molecule has 0 saturated heterocycles. The van der Waals surface area contributed by atoms with Crippen molar-refractivity contribution in [3.63, 3.8) is 0 Å². The Labute approximate surface area is 426 Å². The van der Waals surface area contributed by atoms with E-state index in [4.69, 9.17) is 14.2 Å². The Morgan fingerprint density at radius 2 is 0.565 bits per heavy atom. The molecule has 0 N–H and O–H groups in total. The van der Waals surface area contributed by atoms with Crippen molar-refractivity contribution in [2.45, 2.75) is 284 Å². The molecule has 6 heteroatoms. The highest BCUT2D eigenvalue weighted by molar-refractivity contribution is 5.71. The Balaban J connectivity index is 4.37. The molecule has 0 fully saturated rings. The summed E-state index contributed by atoms with van der Waals surface area (Å²) in [5.74, 6) is -0.905. The smallest absolute Gasteiger partial charge is 0.306 e. The van der Waals surface area contributed by atoms with Gasteiger partial charge in [0.25, 0.3) is 0 Å². The van der Waals surface area contributed by atoms with Gasteiger partial charge in [0.2, 0.25) is 0 Å². The lowest BCUT2D eigenvalue weighted by atomic mass is 10.1. The first-order valence-electron chi connectivity index (χ1n) is 29.1. The third-order valence-corrected chi connectivity index (χ3v) is 12.4. The molecule has 1 unspecified atom stereocenters. The maximum Gasteiger partial charge on any atom is 0.306 e. The summed E-state index contributed by atoms with van der Waals surface area (Å²) in [6, 6.07) is 0. The van der Waals surface area contributed by atoms with Gasteiger partial charge in [0.05, 0.1) is 0 Å². The third kappa shape index (κ3) is 55.4. The molecule has 0 aromatic heterocycles. The lowest BCUT2D eigenvalue weighted by Crippen LogP contribution is -2.30. The molecule has 0 heterocycles. The van der Waals surface area contributed by atoms with Crippen molar-refractivity contribution in [2.75, 3.05) is 13.2 Å². The molecule has 6 nitrogen and oxygen atoms in total. The van der Waals surface area contributed by atoms with Crippen LogP contribution in [0.15, 0.2) is 85.1 Å². The maximum absolute atomic E-state index is 12.9. The van der Waals surface area contributed by atoms with Crippen LogP contribution in [-0.4, -0.2) is 37.2 Å². The number of carbonyl (C=O) groups is 3. The van der Waals surface area contributed by atoms with E-state index in [2.05, 4.69) is 106 Å². The van der Waals surface area contributed by atoms with Crippen molar-refractivity contribution in [2.24, 2.45) is 0 Å². The molecular weight excluding hydrogens is 853 g/mol. The second-order valence-electron chi connectivity index (χ2n) is 19.2. The zero-order chi connectivity index (χ0) is 50.0. The quantitative estimate of drug-likeness (QED) is 0.0262. The second kappa shape index (κ2) is 57.2. The average Bonchev–Trinajstić information content (AvgIpc) is 3.35. The lowest BCUT2D eigenvalue weighted by molar-refractivity contribution is -0.167. The van der Waals surface area contributed by atoms with Gasteiger partial charge in [0.1, 0.15) is 13.2 Å². The molecule has 0 radical (unpaired) electrons. The number of allylic oxidation sites excluding steroid dienone is 14. The summed E-state index contributed by atoms with van der Waals surface area (Å²) in [6.07, 6.45) is 74.3. The Morgan fingerprint density at radius 3 is 0.928 bits per heavy atom. The van der Waals surface area contributed by atoms with Crippen molar-refractivity contribution < 1.29 is 28.6 Å². The zero-order valence-corrected chi connectivity index (χ0v) is 45.3. The van der Waals surface area contributed by atoms with Crippen LogP contribution in [0.2, 0.25) is 0 Å². The third-order valence-electron chi connectivity index (χ3n) is 12.4. The SMILES string of the molecule is CC/C=C\C/C=C\C/C=C\C/C=C\CCCCCCCCCCC(=O)OCC(COC(=O)CCCCCCC/C=C\CCCCC)OC(=O)CCCCCCCCC/C=C\C/C=C\CCCCCC. The first-order valence-corrected chi connectivity index (χ1v) is 29.1. The molecule has 0 aliphatic rings. The number of carbonyl (C=O) groups excluding carboxylic acids is 3. The monoisotopic (exact) mass is 961 g/mol. The molecule has 0 bridgehead atoms. The number of unbranched alkanes of at least 4 members (excludes halogenated alkanes) is 27. The van der Waals surface area contributed by atoms with E-state index in [1.807, 2.05) is 0 Å². The van der Waals surface area contributed by atoms with Gasteiger partial charge in [0.15, 0.2) is 6.10 Å². The van der Waals surface area contributed by atoms with E-state index in [1.54, 1.807) is 0 Å². The van der Waals surface area contributed by atoms with Crippen LogP contribution in [0.3, 0.4) is 0 Å². The molecule has 0 aromatic carbocycles. The van der Waals surface area contributed by atoms with Gasteiger partial charge >= 0.3 is 17.9 Å². The van der Waals surface area contributed by atoms with Crippen LogP contribution >= 0.6 is 0 Å². The van der Waals surface area contributed by atoms with Gasteiger partial charge in [-0.25, -0.2) is 0 Å². The predicted octanol–water partition coefficient (Wildman–Crippen LogP) is 19.5. The maximum atomic E-state index is 12.9. The summed E-state index contributed by atoms with van der Waals surface area (Å²) < 4.78 is 16.9. The van der Waals surface area contributed by atoms with Crippen molar-refractivity contribution in [3.05, 3.63) is 85.1 Å². The van der Waals surface area contributed by atoms with E-state index in [1.165, 1.54) is 128 Å². The lowest BCUT2D eigenvalue weighted by Gasteiger charge is -2.18. The molecule has 0 saturated carbocycles. The summed E-state index contributed by atoms with van der Waals surface area (Å²) in [6.45, 7) is 6.48.